The number of carboxylic acid groups (broad SMARTS) is 1. The van der Waals surface area contributed by atoms with E-state index in [1.165, 1.54) is 4.90 Å². The van der Waals surface area contributed by atoms with Crippen LogP contribution < -0.4 is 5.32 Å². The van der Waals surface area contributed by atoms with E-state index in [0.717, 1.165) is 29.5 Å². The fraction of sp³-hybridized carbons (Fsp3) is 0.400. The van der Waals surface area contributed by atoms with Gasteiger partial charge in [-0.05, 0) is 54.5 Å². The van der Waals surface area contributed by atoms with Crippen LogP contribution in [0.1, 0.15) is 31.2 Å². The predicted molar refractivity (Wildman–Crippen MR) is 127 cm³/mol. The number of carbonyl (C=O) groups is 3. The first-order valence-electron chi connectivity index (χ1n) is 11.3. The van der Waals surface area contributed by atoms with Crippen LogP contribution in [0.2, 0.25) is 5.02 Å². The van der Waals surface area contributed by atoms with Crippen LogP contribution in [0.25, 0.3) is 11.1 Å². The second-order valence-corrected chi connectivity index (χ2v) is 8.94. The van der Waals surface area contributed by atoms with E-state index in [1.54, 1.807) is 6.07 Å². The molecule has 2 amide bonds. The second-order valence-electron chi connectivity index (χ2n) is 8.50. The molecule has 1 heterocycles. The maximum absolute atomic E-state index is 12.7. The highest BCUT2D eigenvalue weighted by atomic mass is 35.5. The number of benzene rings is 2. The molecule has 1 aliphatic rings. The molecule has 3 rings (SSSR count). The normalized spacial score (nSPS) is 17.6. The van der Waals surface area contributed by atoms with Crippen LogP contribution in [0, 0.1) is 0 Å². The van der Waals surface area contributed by atoms with Crippen LogP contribution in [0.15, 0.2) is 48.5 Å². The van der Waals surface area contributed by atoms with E-state index in [4.69, 9.17) is 16.7 Å². The Kier molecular flexibility index (Phi) is 9.04. The van der Waals surface area contributed by atoms with Crippen LogP contribution in [-0.2, 0) is 20.8 Å². The highest BCUT2D eigenvalue weighted by molar-refractivity contribution is 6.35. The molecule has 3 atom stereocenters. The van der Waals surface area contributed by atoms with Crippen LogP contribution in [-0.4, -0.2) is 69.3 Å². The number of aliphatic hydroxyl groups excluding tert-OH is 2. The van der Waals surface area contributed by atoms with E-state index in [-0.39, 0.29) is 19.4 Å². The number of nitrogens with one attached hydrogen (secondary N) is 1. The molecule has 1 aliphatic heterocycles. The second kappa shape index (κ2) is 12.0. The number of likely N-dealkylation sites (tertiary alicyclic amines) is 1. The Bertz CT molecular complexity index is 1010. The molecule has 0 aliphatic carbocycles. The van der Waals surface area contributed by atoms with Gasteiger partial charge in [-0.2, -0.15) is 0 Å². The minimum Gasteiger partial charge on any atom is -0.479 e. The molecule has 34 heavy (non-hydrogen) atoms. The minimum absolute atomic E-state index is 0.223. The first-order valence-corrected chi connectivity index (χ1v) is 11.6. The molecule has 8 nitrogen and oxygen atoms in total. The summed E-state index contributed by atoms with van der Waals surface area (Å²) in [7, 11) is 0. The van der Waals surface area contributed by atoms with Gasteiger partial charge in [0.1, 0.15) is 0 Å². The van der Waals surface area contributed by atoms with E-state index < -0.39 is 36.0 Å². The Morgan fingerprint density at radius 3 is 2.47 bits per heavy atom. The summed E-state index contributed by atoms with van der Waals surface area (Å²) in [6.45, 7) is 0.157. The molecule has 9 heteroatoms. The number of aliphatic hydroxyl groups is 2. The number of amides is 2. The number of carbonyl (C=O) groups excluding carboxylic acids is 2. The van der Waals surface area contributed by atoms with E-state index in [1.807, 2.05) is 42.5 Å². The largest absolute Gasteiger partial charge is 0.479 e. The van der Waals surface area contributed by atoms with Gasteiger partial charge in [0.2, 0.25) is 0 Å². The molecule has 1 fully saturated rings. The highest BCUT2D eigenvalue weighted by Crippen LogP contribution is 2.24. The lowest BCUT2D eigenvalue weighted by atomic mass is 9.97. The van der Waals surface area contributed by atoms with Gasteiger partial charge in [0.15, 0.2) is 6.10 Å². The summed E-state index contributed by atoms with van der Waals surface area (Å²) in [6.07, 6.45) is 0.517. The number of aliphatic carboxylic acids is 1. The minimum atomic E-state index is -1.69. The number of hydrogen-bond acceptors (Lipinski definition) is 5. The van der Waals surface area contributed by atoms with E-state index in [0.29, 0.717) is 18.0 Å². The van der Waals surface area contributed by atoms with Crippen molar-refractivity contribution in [3.05, 3.63) is 59.1 Å². The summed E-state index contributed by atoms with van der Waals surface area (Å²) in [5.41, 5.74) is 2.68. The topological polar surface area (TPSA) is 127 Å². The first kappa shape index (κ1) is 25.7. The van der Waals surface area contributed by atoms with Crippen molar-refractivity contribution in [2.75, 3.05) is 13.2 Å². The van der Waals surface area contributed by atoms with Gasteiger partial charge in [-0.3, -0.25) is 9.59 Å². The number of hydrogen-bond donors (Lipinski definition) is 4. The number of carboxylic acids is 1. The lowest BCUT2D eigenvalue weighted by Crippen LogP contribution is -2.53. The maximum atomic E-state index is 12.7. The zero-order chi connectivity index (χ0) is 24.7. The Labute approximate surface area is 203 Å². The van der Waals surface area contributed by atoms with Crippen molar-refractivity contribution in [3.8, 4) is 11.1 Å². The Morgan fingerprint density at radius 1 is 1.09 bits per heavy atom. The predicted octanol–water partition coefficient (Wildman–Crippen LogP) is 2.24. The molecule has 0 spiro atoms. The number of piperidine rings is 1. The fourth-order valence-corrected chi connectivity index (χ4v) is 4.38. The molecule has 0 radical (unpaired) electrons. The summed E-state index contributed by atoms with van der Waals surface area (Å²) in [5.74, 6) is -3.04. The number of nitrogens with zero attached hydrogens (tertiary/aromatic N) is 1. The third kappa shape index (κ3) is 6.79. The van der Waals surface area contributed by atoms with E-state index in [2.05, 4.69) is 5.32 Å². The Balaban J connectivity index is 1.72. The molecule has 1 saturated heterocycles. The lowest BCUT2D eigenvalue weighted by molar-refractivity contribution is -0.150. The van der Waals surface area contributed by atoms with E-state index in [9.17, 15) is 24.6 Å². The summed E-state index contributed by atoms with van der Waals surface area (Å²) >= 11 is 6.06. The van der Waals surface area contributed by atoms with Crippen molar-refractivity contribution < 1.29 is 29.7 Å². The molecular formula is C25H29ClN2O6. The third-order valence-corrected chi connectivity index (χ3v) is 6.25. The van der Waals surface area contributed by atoms with Gasteiger partial charge in [0.05, 0.1) is 12.6 Å². The molecule has 4 N–H and O–H groups in total. The standard InChI is InChI=1S/C25H29ClN2O6/c26-19-5-3-4-18(13-19)17-9-7-16(8-10-17)12-20(14-22(30)25(33)34)27-23(31)24(32)28-11-2-1-6-21(28)15-29/h3-5,7-10,13,20-22,29-30H,1-2,6,11-12,14-15H2,(H,27,31)(H,33,34)/t20-,21?,22-/m1/s1. The number of rotatable bonds is 8. The van der Waals surface area contributed by atoms with Gasteiger partial charge in [-0.25, -0.2) is 4.79 Å². The molecule has 0 aromatic heterocycles. The van der Waals surface area contributed by atoms with Crippen LogP contribution in [0.5, 0.6) is 0 Å². The third-order valence-electron chi connectivity index (χ3n) is 6.02. The molecule has 2 aromatic rings. The average molecular weight is 489 g/mol. The van der Waals surface area contributed by atoms with Crippen molar-refractivity contribution in [1.82, 2.24) is 10.2 Å². The molecule has 2 aromatic carbocycles. The van der Waals surface area contributed by atoms with Gasteiger partial charge >= 0.3 is 17.8 Å². The first-order chi connectivity index (χ1) is 16.3. The lowest BCUT2D eigenvalue weighted by Gasteiger charge is -2.34. The molecule has 1 unspecified atom stereocenters. The zero-order valence-corrected chi connectivity index (χ0v) is 19.4. The Hall–Kier alpha value is -2.94. The summed E-state index contributed by atoms with van der Waals surface area (Å²) in [5, 5.41) is 31.8. The monoisotopic (exact) mass is 488 g/mol. The van der Waals surface area contributed by atoms with Crippen LogP contribution in [0.4, 0.5) is 0 Å². The van der Waals surface area contributed by atoms with E-state index >= 15 is 0 Å². The van der Waals surface area contributed by atoms with Gasteiger partial charge < -0.3 is 25.5 Å². The molecular weight excluding hydrogens is 460 g/mol. The number of halogens is 1. The van der Waals surface area contributed by atoms with Crippen molar-refractivity contribution in [2.24, 2.45) is 0 Å². The van der Waals surface area contributed by atoms with Crippen molar-refractivity contribution in [2.45, 2.75) is 50.3 Å². The quantitative estimate of drug-likeness (QED) is 0.422. The van der Waals surface area contributed by atoms with Gasteiger partial charge in [0.25, 0.3) is 0 Å². The molecule has 0 saturated carbocycles. The molecule has 0 bridgehead atoms. The van der Waals surface area contributed by atoms with Crippen LogP contribution in [0.3, 0.4) is 0 Å². The summed E-state index contributed by atoms with van der Waals surface area (Å²) in [6, 6.07) is 13.7. The smallest absolute Gasteiger partial charge is 0.332 e. The summed E-state index contributed by atoms with van der Waals surface area (Å²) in [4.78, 5) is 38.0. The van der Waals surface area contributed by atoms with Crippen LogP contribution >= 0.6 is 11.6 Å². The summed E-state index contributed by atoms with van der Waals surface area (Å²) < 4.78 is 0. The maximum Gasteiger partial charge on any atom is 0.332 e. The zero-order valence-electron chi connectivity index (χ0n) is 18.7. The highest BCUT2D eigenvalue weighted by Gasteiger charge is 2.32. The average Bonchev–Trinajstić information content (AvgIpc) is 2.83. The Morgan fingerprint density at radius 2 is 1.82 bits per heavy atom. The molecule has 182 valence electrons. The van der Waals surface area contributed by atoms with Crippen molar-refractivity contribution in [3.63, 3.8) is 0 Å². The fourth-order valence-electron chi connectivity index (χ4n) is 4.18. The SMILES string of the molecule is O=C(N[C@H](Cc1ccc(-c2cccc(Cl)c2)cc1)C[C@@H](O)C(=O)O)C(=O)N1CCCCC1CO. The van der Waals surface area contributed by atoms with Gasteiger partial charge in [-0.1, -0.05) is 48.0 Å². The van der Waals surface area contributed by atoms with Gasteiger partial charge in [0, 0.05) is 24.0 Å². The van der Waals surface area contributed by atoms with Crippen molar-refractivity contribution in [1.29, 1.82) is 0 Å². The van der Waals surface area contributed by atoms with Gasteiger partial charge in [-0.15, -0.1) is 0 Å². The van der Waals surface area contributed by atoms with Crippen molar-refractivity contribution >= 4 is 29.4 Å².